The summed E-state index contributed by atoms with van der Waals surface area (Å²) in [5.41, 5.74) is 2.96. The summed E-state index contributed by atoms with van der Waals surface area (Å²) in [6.07, 6.45) is 4.57. The molecule has 1 N–H and O–H groups in total. The molecule has 6 heteroatoms. The zero-order valence-electron chi connectivity index (χ0n) is 13.4. The molecule has 0 saturated carbocycles. The third-order valence-electron chi connectivity index (χ3n) is 3.78. The van der Waals surface area contributed by atoms with Gasteiger partial charge in [-0.15, -0.1) is 0 Å². The van der Waals surface area contributed by atoms with E-state index in [-0.39, 0.29) is 6.04 Å². The van der Waals surface area contributed by atoms with Crippen molar-refractivity contribution < 1.29 is 13.2 Å². The van der Waals surface area contributed by atoms with E-state index in [0.29, 0.717) is 0 Å². The van der Waals surface area contributed by atoms with Crippen LogP contribution in [0.1, 0.15) is 25.5 Å². The fourth-order valence-corrected chi connectivity index (χ4v) is 2.56. The van der Waals surface area contributed by atoms with Crippen molar-refractivity contribution in [1.82, 2.24) is 10.3 Å². The van der Waals surface area contributed by atoms with Crippen LogP contribution in [0.15, 0.2) is 48.8 Å². The molecule has 0 radical (unpaired) electrons. The van der Waals surface area contributed by atoms with E-state index in [1.54, 1.807) is 12.4 Å². The fourth-order valence-electron chi connectivity index (χ4n) is 2.11. The molecule has 2 unspecified atom stereocenters. The maximum absolute atomic E-state index is 12.0. The molecule has 1 heterocycles. The third-order valence-corrected chi connectivity index (χ3v) is 5.27. The van der Waals surface area contributed by atoms with Crippen LogP contribution < -0.4 is 5.32 Å². The SMILES string of the molecule is CC(NC(=O)C(C)S(C)(=O)=O)c1ccc(-c2cccnc2)cc1. The average molecular weight is 332 g/mol. The molecule has 1 aromatic carbocycles. The molecule has 5 nitrogen and oxygen atoms in total. The lowest BCUT2D eigenvalue weighted by Gasteiger charge is -2.17. The number of benzene rings is 1. The molecule has 0 aliphatic rings. The van der Waals surface area contributed by atoms with Crippen molar-refractivity contribution >= 4 is 15.7 Å². The lowest BCUT2D eigenvalue weighted by Crippen LogP contribution is -2.38. The minimum Gasteiger partial charge on any atom is -0.348 e. The van der Waals surface area contributed by atoms with Crippen LogP contribution in [0.2, 0.25) is 0 Å². The zero-order chi connectivity index (χ0) is 17.0. The van der Waals surface area contributed by atoms with Crippen LogP contribution in [0.3, 0.4) is 0 Å². The minimum atomic E-state index is -3.39. The van der Waals surface area contributed by atoms with E-state index in [9.17, 15) is 13.2 Å². The van der Waals surface area contributed by atoms with Crippen molar-refractivity contribution in [2.24, 2.45) is 0 Å². The highest BCUT2D eigenvalue weighted by Crippen LogP contribution is 2.21. The molecule has 0 aliphatic heterocycles. The van der Waals surface area contributed by atoms with Crippen molar-refractivity contribution in [2.75, 3.05) is 6.26 Å². The predicted molar refractivity (Wildman–Crippen MR) is 90.5 cm³/mol. The van der Waals surface area contributed by atoms with Gasteiger partial charge in [-0.3, -0.25) is 9.78 Å². The number of hydrogen-bond acceptors (Lipinski definition) is 4. The van der Waals surface area contributed by atoms with Crippen molar-refractivity contribution in [1.29, 1.82) is 0 Å². The Hall–Kier alpha value is -2.21. The Morgan fingerprint density at radius 3 is 2.26 bits per heavy atom. The molecule has 1 aromatic heterocycles. The molecule has 0 spiro atoms. The molecule has 1 amide bonds. The maximum atomic E-state index is 12.0. The molecule has 0 saturated heterocycles. The van der Waals surface area contributed by atoms with E-state index in [2.05, 4.69) is 10.3 Å². The molecule has 23 heavy (non-hydrogen) atoms. The molecular weight excluding hydrogens is 312 g/mol. The van der Waals surface area contributed by atoms with Crippen LogP contribution in [0.4, 0.5) is 0 Å². The van der Waals surface area contributed by atoms with Gasteiger partial charge in [0.15, 0.2) is 9.84 Å². The van der Waals surface area contributed by atoms with Gasteiger partial charge in [0.25, 0.3) is 0 Å². The van der Waals surface area contributed by atoms with Gasteiger partial charge in [0.05, 0.1) is 6.04 Å². The lowest BCUT2D eigenvalue weighted by molar-refractivity contribution is -0.121. The Bertz CT molecular complexity index is 771. The first kappa shape index (κ1) is 17.1. The minimum absolute atomic E-state index is 0.269. The second-order valence-electron chi connectivity index (χ2n) is 5.57. The van der Waals surface area contributed by atoms with Crippen molar-refractivity contribution in [2.45, 2.75) is 25.1 Å². The first-order chi connectivity index (χ1) is 10.8. The lowest BCUT2D eigenvalue weighted by atomic mass is 10.0. The van der Waals surface area contributed by atoms with Gasteiger partial charge in [-0.1, -0.05) is 30.3 Å². The summed E-state index contributed by atoms with van der Waals surface area (Å²) in [5.74, 6) is -0.490. The summed E-state index contributed by atoms with van der Waals surface area (Å²) in [6.45, 7) is 3.22. The van der Waals surface area contributed by atoms with Gasteiger partial charge in [-0.25, -0.2) is 8.42 Å². The first-order valence-electron chi connectivity index (χ1n) is 7.28. The molecule has 0 aliphatic carbocycles. The smallest absolute Gasteiger partial charge is 0.238 e. The number of carbonyl (C=O) groups excluding carboxylic acids is 1. The molecule has 2 atom stereocenters. The number of nitrogens with zero attached hydrogens (tertiary/aromatic N) is 1. The molecule has 2 aromatic rings. The van der Waals surface area contributed by atoms with Gasteiger partial charge in [-0.2, -0.15) is 0 Å². The van der Waals surface area contributed by atoms with Gasteiger partial charge in [-0.05, 0) is 36.6 Å². The maximum Gasteiger partial charge on any atom is 0.238 e. The fraction of sp³-hybridized carbons (Fsp3) is 0.294. The Kier molecular flexibility index (Phi) is 5.15. The van der Waals surface area contributed by atoms with Gasteiger partial charge in [0.2, 0.25) is 5.91 Å². The topological polar surface area (TPSA) is 76.1 Å². The van der Waals surface area contributed by atoms with Crippen LogP contribution in [-0.4, -0.2) is 30.8 Å². The molecule has 0 fully saturated rings. The summed E-state index contributed by atoms with van der Waals surface area (Å²) in [5, 5.41) is 1.68. The summed E-state index contributed by atoms with van der Waals surface area (Å²) in [7, 11) is -3.39. The normalized spacial score (nSPS) is 14.0. The van der Waals surface area contributed by atoms with E-state index in [1.807, 2.05) is 43.3 Å². The molecule has 122 valence electrons. The number of amides is 1. The number of pyridine rings is 1. The highest BCUT2D eigenvalue weighted by Gasteiger charge is 2.24. The summed E-state index contributed by atoms with van der Waals surface area (Å²) < 4.78 is 22.9. The van der Waals surface area contributed by atoms with Gasteiger partial charge < -0.3 is 5.32 Å². The largest absolute Gasteiger partial charge is 0.348 e. The molecule has 2 rings (SSSR count). The number of hydrogen-bond donors (Lipinski definition) is 1. The second-order valence-corrected chi connectivity index (χ2v) is 7.93. The van der Waals surface area contributed by atoms with Gasteiger partial charge >= 0.3 is 0 Å². The molecule has 0 bridgehead atoms. The van der Waals surface area contributed by atoms with E-state index >= 15 is 0 Å². The van der Waals surface area contributed by atoms with E-state index in [1.165, 1.54) is 6.92 Å². The Morgan fingerprint density at radius 2 is 1.74 bits per heavy atom. The van der Waals surface area contributed by atoms with Crippen molar-refractivity contribution in [3.63, 3.8) is 0 Å². The quantitative estimate of drug-likeness (QED) is 0.912. The zero-order valence-corrected chi connectivity index (χ0v) is 14.2. The Balaban J connectivity index is 2.09. The summed E-state index contributed by atoms with van der Waals surface area (Å²) >= 11 is 0. The average Bonchev–Trinajstić information content (AvgIpc) is 2.54. The van der Waals surface area contributed by atoms with E-state index < -0.39 is 21.0 Å². The third kappa shape index (κ3) is 4.39. The van der Waals surface area contributed by atoms with Crippen LogP contribution >= 0.6 is 0 Å². The standard InChI is InChI=1S/C17H20N2O3S/c1-12(19-17(20)13(2)23(3,21)22)14-6-8-15(9-7-14)16-5-4-10-18-11-16/h4-13H,1-3H3,(H,19,20). The van der Waals surface area contributed by atoms with Gasteiger partial charge in [0.1, 0.15) is 5.25 Å². The van der Waals surface area contributed by atoms with Crippen molar-refractivity contribution in [3.05, 3.63) is 54.4 Å². The van der Waals surface area contributed by atoms with Gasteiger partial charge in [0, 0.05) is 18.6 Å². The first-order valence-corrected chi connectivity index (χ1v) is 9.24. The summed E-state index contributed by atoms with van der Waals surface area (Å²) in [4.78, 5) is 16.0. The van der Waals surface area contributed by atoms with Crippen LogP contribution in [0, 0.1) is 0 Å². The second kappa shape index (κ2) is 6.91. The number of aromatic nitrogens is 1. The highest BCUT2D eigenvalue weighted by molar-refractivity contribution is 7.92. The van der Waals surface area contributed by atoms with Crippen molar-refractivity contribution in [3.8, 4) is 11.1 Å². The molecular formula is C17H20N2O3S. The Labute approximate surface area is 136 Å². The number of nitrogens with one attached hydrogen (secondary N) is 1. The van der Waals surface area contributed by atoms with E-state index in [4.69, 9.17) is 0 Å². The number of carbonyl (C=O) groups is 1. The summed E-state index contributed by atoms with van der Waals surface area (Å²) in [6, 6.07) is 11.3. The van der Waals surface area contributed by atoms with Crippen LogP contribution in [0.25, 0.3) is 11.1 Å². The predicted octanol–water partition coefficient (Wildman–Crippen LogP) is 2.36. The van der Waals surface area contributed by atoms with E-state index in [0.717, 1.165) is 22.9 Å². The Morgan fingerprint density at radius 1 is 1.09 bits per heavy atom. The van der Waals surface area contributed by atoms with Crippen LogP contribution in [-0.2, 0) is 14.6 Å². The number of rotatable bonds is 5. The van der Waals surface area contributed by atoms with Crippen LogP contribution in [0.5, 0.6) is 0 Å². The monoisotopic (exact) mass is 332 g/mol. The number of sulfone groups is 1. The highest BCUT2D eigenvalue weighted by atomic mass is 32.2.